The smallest absolute Gasteiger partial charge is 0.261 e. The third-order valence-corrected chi connectivity index (χ3v) is 7.11. The standard InChI is InChI=1S/C22H23N3O8S2/c1-31-19-12-14(13-20(32-2)21(19)33-3)22(26)24-15-4-10-18(11-5-15)35(29,30)25-16-6-8-17(9-7-16)34(23,27)28/h4-13,25H,1-3H3,(H,24,26)(H2,23,27,28). The molecule has 0 saturated carbocycles. The van der Waals surface area contributed by atoms with Gasteiger partial charge in [-0.3, -0.25) is 9.52 Å². The Bertz CT molecular complexity index is 1410. The van der Waals surface area contributed by atoms with E-state index in [4.69, 9.17) is 19.3 Å². The second-order valence-electron chi connectivity index (χ2n) is 7.07. The van der Waals surface area contributed by atoms with Gasteiger partial charge >= 0.3 is 0 Å². The molecule has 0 bridgehead atoms. The van der Waals surface area contributed by atoms with Gasteiger partial charge in [0.2, 0.25) is 15.8 Å². The van der Waals surface area contributed by atoms with E-state index in [0.29, 0.717) is 22.9 Å². The van der Waals surface area contributed by atoms with Gasteiger partial charge in [0.25, 0.3) is 15.9 Å². The van der Waals surface area contributed by atoms with Crippen LogP contribution in [0, 0.1) is 0 Å². The van der Waals surface area contributed by atoms with Crippen LogP contribution in [0.2, 0.25) is 0 Å². The second kappa shape index (κ2) is 10.2. The first-order valence-electron chi connectivity index (χ1n) is 9.85. The summed E-state index contributed by atoms with van der Waals surface area (Å²) < 4.78 is 66.1. The Balaban J connectivity index is 1.76. The number of anilines is 2. The number of amides is 1. The van der Waals surface area contributed by atoms with Crippen molar-refractivity contribution < 1.29 is 35.8 Å². The first kappa shape index (κ1) is 25.8. The molecule has 0 heterocycles. The zero-order valence-electron chi connectivity index (χ0n) is 18.9. The van der Waals surface area contributed by atoms with Gasteiger partial charge in [-0.1, -0.05) is 0 Å². The Kier molecular flexibility index (Phi) is 7.53. The van der Waals surface area contributed by atoms with Crippen molar-refractivity contribution in [2.24, 2.45) is 5.14 Å². The number of ether oxygens (including phenoxy) is 3. The molecule has 4 N–H and O–H groups in total. The number of carbonyl (C=O) groups is 1. The average Bonchev–Trinajstić information content (AvgIpc) is 2.82. The average molecular weight is 522 g/mol. The lowest BCUT2D eigenvalue weighted by atomic mass is 10.1. The van der Waals surface area contributed by atoms with Crippen LogP contribution in [-0.4, -0.2) is 44.1 Å². The second-order valence-corrected chi connectivity index (χ2v) is 10.3. The summed E-state index contributed by atoms with van der Waals surface area (Å²) >= 11 is 0. The van der Waals surface area contributed by atoms with E-state index < -0.39 is 26.0 Å². The molecular formula is C22H23N3O8S2. The molecule has 0 spiro atoms. The highest BCUT2D eigenvalue weighted by molar-refractivity contribution is 7.92. The molecule has 11 nitrogen and oxygen atoms in total. The van der Waals surface area contributed by atoms with Gasteiger partial charge in [0.1, 0.15) is 0 Å². The molecule has 0 saturated heterocycles. The van der Waals surface area contributed by atoms with Crippen LogP contribution in [0.5, 0.6) is 17.2 Å². The summed E-state index contributed by atoms with van der Waals surface area (Å²) in [6.45, 7) is 0. The lowest BCUT2D eigenvalue weighted by Gasteiger charge is -2.14. The largest absolute Gasteiger partial charge is 0.493 e. The van der Waals surface area contributed by atoms with Crippen LogP contribution in [0.4, 0.5) is 11.4 Å². The Morgan fingerprint density at radius 2 is 1.23 bits per heavy atom. The van der Waals surface area contributed by atoms with Crippen molar-refractivity contribution in [1.29, 1.82) is 0 Å². The summed E-state index contributed by atoms with van der Waals surface area (Å²) in [5, 5.41) is 7.71. The molecule has 3 aromatic rings. The molecule has 0 aromatic heterocycles. The highest BCUT2D eigenvalue weighted by Gasteiger charge is 2.18. The normalized spacial score (nSPS) is 11.4. The Morgan fingerprint density at radius 1 is 0.743 bits per heavy atom. The molecule has 3 rings (SSSR count). The minimum atomic E-state index is -3.98. The molecule has 1 amide bonds. The zero-order chi connectivity index (χ0) is 25.8. The first-order chi connectivity index (χ1) is 16.5. The molecule has 186 valence electrons. The van der Waals surface area contributed by atoms with Gasteiger partial charge in [-0.2, -0.15) is 0 Å². The maximum absolute atomic E-state index is 12.7. The van der Waals surface area contributed by atoms with E-state index in [1.165, 1.54) is 82.0 Å². The van der Waals surface area contributed by atoms with Crippen molar-refractivity contribution in [1.82, 2.24) is 0 Å². The van der Waals surface area contributed by atoms with Crippen molar-refractivity contribution in [2.45, 2.75) is 9.79 Å². The van der Waals surface area contributed by atoms with Gasteiger partial charge in [-0.05, 0) is 60.7 Å². The predicted molar refractivity (Wildman–Crippen MR) is 129 cm³/mol. The molecule has 0 atom stereocenters. The van der Waals surface area contributed by atoms with E-state index in [1.807, 2.05) is 0 Å². The van der Waals surface area contributed by atoms with Crippen molar-refractivity contribution in [3.63, 3.8) is 0 Å². The minimum absolute atomic E-state index is 0.0705. The molecule has 13 heteroatoms. The molecule has 0 aliphatic rings. The van der Waals surface area contributed by atoms with Crippen molar-refractivity contribution >= 4 is 37.3 Å². The number of sulfonamides is 2. The van der Waals surface area contributed by atoms with Crippen LogP contribution < -0.4 is 29.4 Å². The highest BCUT2D eigenvalue weighted by atomic mass is 32.2. The molecule has 0 fully saturated rings. The molecule has 0 aliphatic carbocycles. The maximum Gasteiger partial charge on any atom is 0.261 e. The van der Waals surface area contributed by atoms with Crippen molar-refractivity contribution in [2.75, 3.05) is 31.4 Å². The highest BCUT2D eigenvalue weighted by Crippen LogP contribution is 2.38. The molecule has 3 aromatic carbocycles. The number of hydrogen-bond donors (Lipinski definition) is 3. The lowest BCUT2D eigenvalue weighted by Crippen LogP contribution is -2.15. The van der Waals surface area contributed by atoms with Gasteiger partial charge in [0, 0.05) is 16.9 Å². The van der Waals surface area contributed by atoms with Crippen LogP contribution in [0.1, 0.15) is 10.4 Å². The molecular weight excluding hydrogens is 498 g/mol. The number of nitrogens with one attached hydrogen (secondary N) is 2. The van der Waals surface area contributed by atoms with Gasteiger partial charge in [0.05, 0.1) is 31.1 Å². The van der Waals surface area contributed by atoms with Crippen molar-refractivity contribution in [3.8, 4) is 17.2 Å². The van der Waals surface area contributed by atoms with E-state index >= 15 is 0 Å². The van der Waals surface area contributed by atoms with E-state index in [2.05, 4.69) is 10.0 Å². The maximum atomic E-state index is 12.7. The van der Waals surface area contributed by atoms with Gasteiger partial charge in [0.15, 0.2) is 11.5 Å². The zero-order valence-corrected chi connectivity index (χ0v) is 20.6. The van der Waals surface area contributed by atoms with Gasteiger partial charge < -0.3 is 19.5 Å². The SMILES string of the molecule is COc1cc(C(=O)Nc2ccc(S(=O)(=O)Nc3ccc(S(N)(=O)=O)cc3)cc2)cc(OC)c1OC. The summed E-state index contributed by atoms with van der Waals surface area (Å²) in [6, 6.07) is 13.4. The lowest BCUT2D eigenvalue weighted by molar-refractivity contribution is 0.102. The Labute approximate surface area is 202 Å². The van der Waals surface area contributed by atoms with Gasteiger partial charge in [-0.25, -0.2) is 22.0 Å². The van der Waals surface area contributed by atoms with E-state index in [9.17, 15) is 21.6 Å². The summed E-state index contributed by atoms with van der Waals surface area (Å²) in [6.07, 6.45) is 0. The number of hydrogen-bond acceptors (Lipinski definition) is 8. The quantitative estimate of drug-likeness (QED) is 0.386. The number of nitrogens with two attached hydrogens (primary N) is 1. The minimum Gasteiger partial charge on any atom is -0.493 e. The Morgan fingerprint density at radius 3 is 1.69 bits per heavy atom. The fourth-order valence-electron chi connectivity index (χ4n) is 3.06. The number of carbonyl (C=O) groups excluding carboxylic acids is 1. The summed E-state index contributed by atoms with van der Waals surface area (Å²) in [7, 11) is -3.56. The fourth-order valence-corrected chi connectivity index (χ4v) is 4.63. The number of benzene rings is 3. The molecule has 0 unspecified atom stereocenters. The third-order valence-electron chi connectivity index (χ3n) is 4.78. The van der Waals surface area contributed by atoms with Crippen LogP contribution in [0.3, 0.4) is 0 Å². The predicted octanol–water partition coefficient (Wildman–Crippen LogP) is 2.41. The van der Waals surface area contributed by atoms with Crippen LogP contribution >= 0.6 is 0 Å². The summed E-state index contributed by atoms with van der Waals surface area (Å²) in [5.74, 6) is 0.476. The summed E-state index contributed by atoms with van der Waals surface area (Å²) in [4.78, 5) is 12.5. The number of rotatable bonds is 9. The monoisotopic (exact) mass is 521 g/mol. The number of primary sulfonamides is 1. The van der Waals surface area contributed by atoms with E-state index in [-0.39, 0.29) is 21.0 Å². The van der Waals surface area contributed by atoms with E-state index in [0.717, 1.165) is 0 Å². The molecule has 0 aliphatic heterocycles. The van der Waals surface area contributed by atoms with Crippen molar-refractivity contribution in [3.05, 3.63) is 66.2 Å². The van der Waals surface area contributed by atoms with Crippen LogP contribution in [0.15, 0.2) is 70.5 Å². The topological polar surface area (TPSA) is 163 Å². The molecule has 35 heavy (non-hydrogen) atoms. The Hall–Kier alpha value is -3.81. The van der Waals surface area contributed by atoms with Gasteiger partial charge in [-0.15, -0.1) is 0 Å². The van der Waals surface area contributed by atoms with Crippen LogP contribution in [-0.2, 0) is 20.0 Å². The van der Waals surface area contributed by atoms with Crippen LogP contribution in [0.25, 0.3) is 0 Å². The molecule has 0 radical (unpaired) electrons. The number of methoxy groups -OCH3 is 3. The fraction of sp³-hybridized carbons (Fsp3) is 0.136. The first-order valence-corrected chi connectivity index (χ1v) is 12.9. The third kappa shape index (κ3) is 6.01. The summed E-state index contributed by atoms with van der Waals surface area (Å²) in [5.41, 5.74) is 0.734. The van der Waals surface area contributed by atoms with E-state index in [1.54, 1.807) is 0 Å².